The summed E-state index contributed by atoms with van der Waals surface area (Å²) in [6.07, 6.45) is 0.410. The highest BCUT2D eigenvalue weighted by Crippen LogP contribution is 2.14. The summed E-state index contributed by atoms with van der Waals surface area (Å²) in [4.78, 5) is 22.2. The first-order valence-corrected chi connectivity index (χ1v) is 12.5. The second-order valence-corrected chi connectivity index (χ2v) is 11.1. The summed E-state index contributed by atoms with van der Waals surface area (Å²) in [7, 11) is 1.70. The Hall–Kier alpha value is -2.32. The van der Waals surface area contributed by atoms with Crippen molar-refractivity contribution in [2.75, 3.05) is 20.3 Å². The highest BCUT2D eigenvalue weighted by molar-refractivity contribution is 5.87. The van der Waals surface area contributed by atoms with Crippen LogP contribution in [-0.2, 0) is 20.8 Å². The van der Waals surface area contributed by atoms with Crippen LogP contribution in [0.15, 0.2) is 24.3 Å². The zero-order valence-corrected chi connectivity index (χ0v) is 24.4. The van der Waals surface area contributed by atoms with E-state index in [4.69, 9.17) is 24.1 Å². The van der Waals surface area contributed by atoms with E-state index in [1.54, 1.807) is 48.7 Å². The summed E-state index contributed by atoms with van der Waals surface area (Å²) in [5.74, 6) is 2.28. The zero-order valence-electron chi connectivity index (χ0n) is 24.4. The molecule has 0 unspecified atom stereocenters. The van der Waals surface area contributed by atoms with Gasteiger partial charge in [-0.25, -0.2) is 14.9 Å². The number of aliphatic hydroxyl groups excluding tert-OH is 1. The number of hydrogen-bond acceptors (Lipinski definition) is 7. The topological polar surface area (TPSA) is 103 Å². The van der Waals surface area contributed by atoms with Gasteiger partial charge >= 0.3 is 12.2 Å². The highest BCUT2D eigenvalue weighted by atomic mass is 16.6. The number of nitrogens with one attached hydrogen (secondary N) is 1. The number of hydrogen-bond donors (Lipinski definition) is 2. The van der Waals surface area contributed by atoms with Gasteiger partial charge in [-0.2, -0.15) is 0 Å². The van der Waals surface area contributed by atoms with Crippen LogP contribution in [0, 0.1) is 11.8 Å². The molecule has 0 heterocycles. The first-order chi connectivity index (χ1) is 16.5. The molecular formula is C28H51NO7. The molecule has 0 aliphatic heterocycles. The number of alkyl carbamates (subject to hydrolysis) is 2. The van der Waals surface area contributed by atoms with Gasteiger partial charge in [-0.05, 0) is 83.9 Å². The average molecular weight is 514 g/mol. The third kappa shape index (κ3) is 26.3. The quantitative estimate of drug-likeness (QED) is 0.397. The van der Waals surface area contributed by atoms with Gasteiger partial charge in [-0.3, -0.25) is 0 Å². The lowest BCUT2D eigenvalue weighted by Gasteiger charge is -2.21. The van der Waals surface area contributed by atoms with Crippen molar-refractivity contribution in [3.8, 4) is 5.75 Å². The number of imide groups is 1. The minimum absolute atomic E-state index is 0.331. The second kappa shape index (κ2) is 18.9. The Balaban J connectivity index is 0. The fraction of sp³-hybridized carbons (Fsp3) is 0.714. The predicted molar refractivity (Wildman–Crippen MR) is 144 cm³/mol. The van der Waals surface area contributed by atoms with E-state index in [9.17, 15) is 9.59 Å². The Kier molecular flexibility index (Phi) is 18.8. The summed E-state index contributed by atoms with van der Waals surface area (Å²) < 4.78 is 20.4. The monoisotopic (exact) mass is 513 g/mol. The molecule has 0 aliphatic carbocycles. The molecule has 8 nitrogen and oxygen atoms in total. The van der Waals surface area contributed by atoms with Gasteiger partial charge in [-0.1, -0.05) is 39.8 Å². The second-order valence-electron chi connectivity index (χ2n) is 11.1. The number of methoxy groups -OCH3 is 1. The SMILES string of the molecule is CC(C)(C)OC(=O)NC(=O)OC(C)(C)C.CC(C)CCO.COCc1ccc(OCCC(C)C)cc1. The number of carbonyl (C=O) groups is 2. The van der Waals surface area contributed by atoms with Crippen molar-refractivity contribution < 1.29 is 33.6 Å². The van der Waals surface area contributed by atoms with Gasteiger partial charge in [0.2, 0.25) is 0 Å². The van der Waals surface area contributed by atoms with Crippen molar-refractivity contribution in [3.05, 3.63) is 29.8 Å². The average Bonchev–Trinajstić information content (AvgIpc) is 2.67. The van der Waals surface area contributed by atoms with E-state index in [-0.39, 0.29) is 0 Å². The van der Waals surface area contributed by atoms with Crippen LogP contribution in [0.4, 0.5) is 9.59 Å². The third-order valence-corrected chi connectivity index (χ3v) is 3.91. The van der Waals surface area contributed by atoms with Gasteiger partial charge in [0.25, 0.3) is 0 Å². The smallest absolute Gasteiger partial charge is 0.417 e. The number of aliphatic hydroxyl groups is 1. The van der Waals surface area contributed by atoms with Crippen LogP contribution in [0.2, 0.25) is 0 Å². The maximum Gasteiger partial charge on any atom is 0.417 e. The van der Waals surface area contributed by atoms with E-state index >= 15 is 0 Å². The highest BCUT2D eigenvalue weighted by Gasteiger charge is 2.21. The molecule has 1 aromatic carbocycles. The van der Waals surface area contributed by atoms with Crippen LogP contribution >= 0.6 is 0 Å². The summed E-state index contributed by atoms with van der Waals surface area (Å²) in [5, 5.41) is 10.2. The molecule has 0 saturated carbocycles. The van der Waals surface area contributed by atoms with Crippen LogP contribution in [0.3, 0.4) is 0 Å². The maximum atomic E-state index is 11.1. The molecule has 210 valence electrons. The van der Waals surface area contributed by atoms with Crippen LogP contribution in [0.1, 0.15) is 87.6 Å². The Labute approximate surface area is 219 Å². The standard InChI is InChI=1S/C13H20O2.C10H19NO4.C5H12O/c1-11(2)8-9-15-13-6-4-12(5-7-13)10-14-3;1-9(2,3)14-7(12)11-8(13)15-10(4,5)6;1-5(2)3-4-6/h4-7,11H,8-10H2,1-3H3;1-6H3,(H,11,12,13);5-6H,3-4H2,1-2H3. The number of rotatable bonds is 8. The van der Waals surface area contributed by atoms with E-state index in [1.807, 2.05) is 29.6 Å². The molecule has 8 heteroatoms. The molecule has 2 N–H and O–H groups in total. The van der Waals surface area contributed by atoms with Crippen molar-refractivity contribution in [1.29, 1.82) is 0 Å². The Bertz CT molecular complexity index is 676. The van der Waals surface area contributed by atoms with Crippen LogP contribution < -0.4 is 10.1 Å². The largest absolute Gasteiger partial charge is 0.494 e. The third-order valence-electron chi connectivity index (χ3n) is 3.91. The van der Waals surface area contributed by atoms with Gasteiger partial charge < -0.3 is 24.1 Å². The fourth-order valence-corrected chi connectivity index (χ4v) is 2.21. The summed E-state index contributed by atoms with van der Waals surface area (Å²) in [6, 6.07) is 8.06. The van der Waals surface area contributed by atoms with Gasteiger partial charge in [0.1, 0.15) is 17.0 Å². The predicted octanol–water partition coefficient (Wildman–Crippen LogP) is 6.73. The molecule has 2 amide bonds. The van der Waals surface area contributed by atoms with Crippen LogP contribution in [-0.4, -0.2) is 48.8 Å². The minimum atomic E-state index is -0.809. The normalized spacial score (nSPS) is 11.1. The Morgan fingerprint density at radius 3 is 1.58 bits per heavy atom. The van der Waals surface area contributed by atoms with E-state index < -0.39 is 23.4 Å². The van der Waals surface area contributed by atoms with E-state index in [1.165, 1.54) is 5.56 Å². The van der Waals surface area contributed by atoms with Crippen LogP contribution in [0.25, 0.3) is 0 Å². The molecule has 0 aromatic heterocycles. The molecule has 0 saturated heterocycles. The van der Waals surface area contributed by atoms with Gasteiger partial charge in [-0.15, -0.1) is 0 Å². The molecule has 0 aliphatic rings. The van der Waals surface area contributed by atoms with E-state index in [2.05, 4.69) is 27.7 Å². The maximum absolute atomic E-state index is 11.1. The van der Waals surface area contributed by atoms with Crippen molar-refractivity contribution in [2.45, 2.75) is 99.9 Å². The number of benzene rings is 1. The molecule has 0 bridgehead atoms. The fourth-order valence-electron chi connectivity index (χ4n) is 2.21. The summed E-state index contributed by atoms with van der Waals surface area (Å²) in [6.45, 7) is 20.6. The zero-order chi connectivity index (χ0) is 28.4. The molecule has 0 fully saturated rings. The van der Waals surface area contributed by atoms with Gasteiger partial charge in [0.15, 0.2) is 0 Å². The number of ether oxygens (including phenoxy) is 4. The summed E-state index contributed by atoms with van der Waals surface area (Å²) in [5.41, 5.74) is -0.0910. The van der Waals surface area contributed by atoms with E-state index in [0.29, 0.717) is 25.0 Å². The van der Waals surface area contributed by atoms with Crippen LogP contribution in [0.5, 0.6) is 5.75 Å². The number of carbonyl (C=O) groups excluding carboxylic acids is 2. The van der Waals surface area contributed by atoms with Gasteiger partial charge in [0, 0.05) is 13.7 Å². The number of amides is 2. The Morgan fingerprint density at radius 2 is 1.28 bits per heavy atom. The Morgan fingerprint density at radius 1 is 0.833 bits per heavy atom. The molecule has 0 spiro atoms. The minimum Gasteiger partial charge on any atom is -0.494 e. The lowest BCUT2D eigenvalue weighted by Crippen LogP contribution is -2.39. The van der Waals surface area contributed by atoms with Gasteiger partial charge in [0.05, 0.1) is 13.2 Å². The molecule has 1 aromatic rings. The summed E-state index contributed by atoms with van der Waals surface area (Å²) >= 11 is 0. The molecule has 0 atom stereocenters. The lowest BCUT2D eigenvalue weighted by atomic mass is 10.1. The first-order valence-electron chi connectivity index (χ1n) is 12.5. The van der Waals surface area contributed by atoms with Crippen molar-refractivity contribution in [1.82, 2.24) is 5.32 Å². The molecule has 0 radical (unpaired) electrons. The molecular weight excluding hydrogens is 462 g/mol. The molecule has 1 rings (SSSR count). The van der Waals surface area contributed by atoms with Crippen molar-refractivity contribution in [3.63, 3.8) is 0 Å². The molecule has 36 heavy (non-hydrogen) atoms. The van der Waals surface area contributed by atoms with Crippen molar-refractivity contribution >= 4 is 12.2 Å². The van der Waals surface area contributed by atoms with E-state index in [0.717, 1.165) is 25.2 Å². The first kappa shape index (κ1) is 35.8. The van der Waals surface area contributed by atoms with Crippen molar-refractivity contribution in [2.24, 2.45) is 11.8 Å². The lowest BCUT2D eigenvalue weighted by molar-refractivity contribution is 0.0353.